The molecular weight excluding hydrogens is 374 g/mol. The molecular formula is C22H24ClN3O2. The van der Waals surface area contributed by atoms with Gasteiger partial charge in [0.05, 0.1) is 37.3 Å². The molecule has 0 bridgehead atoms. The molecule has 1 aliphatic heterocycles. The quantitative estimate of drug-likeness (QED) is 0.488. The predicted octanol–water partition coefficient (Wildman–Crippen LogP) is 4.31. The fourth-order valence-corrected chi connectivity index (χ4v) is 4.16. The van der Waals surface area contributed by atoms with Gasteiger partial charge in [-0.2, -0.15) is 5.10 Å². The molecule has 5 nitrogen and oxygen atoms in total. The van der Waals surface area contributed by atoms with Gasteiger partial charge in [-0.15, -0.1) is 0 Å². The van der Waals surface area contributed by atoms with Gasteiger partial charge in [0.15, 0.2) is 0 Å². The second-order valence-electron chi connectivity index (χ2n) is 7.87. The zero-order valence-corrected chi connectivity index (χ0v) is 16.7. The molecule has 1 fully saturated rings. The summed E-state index contributed by atoms with van der Waals surface area (Å²) in [5.74, 6) is 0. The van der Waals surface area contributed by atoms with Crippen molar-refractivity contribution in [2.75, 3.05) is 20.1 Å². The van der Waals surface area contributed by atoms with Crippen LogP contribution in [0.15, 0.2) is 53.3 Å². The van der Waals surface area contributed by atoms with Gasteiger partial charge < -0.3 is 9.85 Å². The van der Waals surface area contributed by atoms with E-state index in [-0.39, 0.29) is 16.2 Å². The Kier molecular flexibility index (Phi) is 5.23. The molecule has 0 spiro atoms. The highest BCUT2D eigenvalue weighted by Gasteiger charge is 2.24. The first-order valence-corrected chi connectivity index (χ1v) is 10.1. The molecule has 2 aromatic carbocycles. The van der Waals surface area contributed by atoms with Crippen LogP contribution >= 0.6 is 11.6 Å². The van der Waals surface area contributed by atoms with E-state index in [1.807, 2.05) is 48.5 Å². The Hall–Kier alpha value is -2.21. The summed E-state index contributed by atoms with van der Waals surface area (Å²) in [6, 6.07) is 15.3. The monoisotopic (exact) mass is 397 g/mol. The number of benzene rings is 2. The third-order valence-electron chi connectivity index (χ3n) is 5.64. The summed E-state index contributed by atoms with van der Waals surface area (Å²) < 4.78 is 1.40. The zero-order valence-electron chi connectivity index (χ0n) is 16.0. The van der Waals surface area contributed by atoms with E-state index in [0.717, 1.165) is 29.5 Å². The van der Waals surface area contributed by atoms with Crippen LogP contribution in [-0.4, -0.2) is 34.6 Å². The van der Waals surface area contributed by atoms with Crippen molar-refractivity contribution in [2.45, 2.75) is 31.7 Å². The average Bonchev–Trinajstić information content (AvgIpc) is 2.86. The Morgan fingerprint density at radius 1 is 1.11 bits per heavy atom. The normalized spacial score (nSPS) is 22.9. The molecule has 4 rings (SSSR count). The standard InChI is InChI=1S/C22H24ClN3O2/c1-26(28)13-4-5-18(12-14-26)25-22(27)20-7-3-2-6-19(20)21(24-25)15-16-8-10-17(23)11-9-16/h2-3,6-11,18H,4-5,12-15H2,1H3/t18-,26+/m0/s1. The summed E-state index contributed by atoms with van der Waals surface area (Å²) >= 11 is 6.01. The molecule has 0 saturated carbocycles. The molecule has 2 atom stereocenters. The van der Waals surface area contributed by atoms with Crippen molar-refractivity contribution in [3.8, 4) is 0 Å². The summed E-state index contributed by atoms with van der Waals surface area (Å²) in [5, 5.41) is 19.4. The topological polar surface area (TPSA) is 57.9 Å². The number of quaternary nitrogens is 1. The van der Waals surface area contributed by atoms with E-state index in [1.54, 1.807) is 11.7 Å². The van der Waals surface area contributed by atoms with E-state index in [9.17, 15) is 10.0 Å². The van der Waals surface area contributed by atoms with Gasteiger partial charge in [-0.1, -0.05) is 41.9 Å². The van der Waals surface area contributed by atoms with Crippen LogP contribution in [0, 0.1) is 5.21 Å². The molecule has 1 aliphatic rings. The van der Waals surface area contributed by atoms with E-state index in [1.165, 1.54) is 0 Å². The number of rotatable bonds is 3. The van der Waals surface area contributed by atoms with Crippen molar-refractivity contribution >= 4 is 22.4 Å². The Bertz CT molecular complexity index is 1040. The molecule has 0 aliphatic carbocycles. The van der Waals surface area contributed by atoms with Crippen molar-refractivity contribution in [3.05, 3.63) is 80.4 Å². The minimum atomic E-state index is -0.240. The maximum absolute atomic E-state index is 13.2. The number of nitrogens with zero attached hydrogens (tertiary/aromatic N) is 3. The fourth-order valence-electron chi connectivity index (χ4n) is 4.03. The van der Waals surface area contributed by atoms with Crippen molar-refractivity contribution < 1.29 is 4.65 Å². The second-order valence-corrected chi connectivity index (χ2v) is 8.31. The minimum Gasteiger partial charge on any atom is -0.633 e. The van der Waals surface area contributed by atoms with Gasteiger partial charge in [0.25, 0.3) is 5.56 Å². The second kappa shape index (κ2) is 7.66. The molecule has 1 saturated heterocycles. The first-order valence-electron chi connectivity index (χ1n) is 9.73. The van der Waals surface area contributed by atoms with Gasteiger partial charge in [0, 0.05) is 23.3 Å². The SMILES string of the molecule is C[N@@+]1([O-])CCC[C@H](n2nc(Cc3ccc(Cl)cc3)c3ccccc3c2=O)CC1. The molecule has 1 aromatic heterocycles. The van der Waals surface area contributed by atoms with E-state index in [2.05, 4.69) is 0 Å². The van der Waals surface area contributed by atoms with E-state index in [0.29, 0.717) is 36.3 Å². The first kappa shape index (κ1) is 19.1. The minimum absolute atomic E-state index is 0.0324. The summed E-state index contributed by atoms with van der Waals surface area (Å²) in [7, 11) is 1.71. The van der Waals surface area contributed by atoms with Crippen LogP contribution in [0.1, 0.15) is 36.6 Å². The smallest absolute Gasteiger partial charge is 0.274 e. The molecule has 0 N–H and O–H groups in total. The highest BCUT2D eigenvalue weighted by molar-refractivity contribution is 6.30. The van der Waals surface area contributed by atoms with Crippen LogP contribution in [-0.2, 0) is 6.42 Å². The molecule has 2 heterocycles. The van der Waals surface area contributed by atoms with E-state index in [4.69, 9.17) is 16.7 Å². The third kappa shape index (κ3) is 3.97. The zero-order chi connectivity index (χ0) is 19.7. The molecule has 0 unspecified atom stereocenters. The maximum atomic E-state index is 13.2. The molecule has 6 heteroatoms. The van der Waals surface area contributed by atoms with Gasteiger partial charge >= 0.3 is 0 Å². The fraction of sp³-hybridized carbons (Fsp3) is 0.364. The average molecular weight is 398 g/mol. The first-order chi connectivity index (χ1) is 13.4. The summed E-state index contributed by atoms with van der Waals surface area (Å²) in [6.45, 7) is 1.11. The lowest BCUT2D eigenvalue weighted by Gasteiger charge is -2.37. The van der Waals surface area contributed by atoms with Crippen molar-refractivity contribution in [1.29, 1.82) is 0 Å². The number of hydroxylamine groups is 3. The molecule has 146 valence electrons. The number of hydrogen-bond donors (Lipinski definition) is 0. The summed E-state index contributed by atoms with van der Waals surface area (Å²) in [5.41, 5.74) is 1.90. The Balaban J connectivity index is 1.78. The van der Waals surface area contributed by atoms with Crippen LogP contribution < -0.4 is 5.56 Å². The predicted molar refractivity (Wildman–Crippen MR) is 112 cm³/mol. The van der Waals surface area contributed by atoms with Gasteiger partial charge in [-0.25, -0.2) is 4.68 Å². The van der Waals surface area contributed by atoms with Crippen LogP contribution in [0.25, 0.3) is 10.8 Å². The number of hydrogen-bond acceptors (Lipinski definition) is 3. The molecule has 0 amide bonds. The molecule has 0 radical (unpaired) electrons. The lowest BCUT2D eigenvalue weighted by Crippen LogP contribution is -2.38. The maximum Gasteiger partial charge on any atom is 0.274 e. The van der Waals surface area contributed by atoms with Crippen LogP contribution in [0.5, 0.6) is 0 Å². The van der Waals surface area contributed by atoms with Crippen molar-refractivity contribution in [3.63, 3.8) is 0 Å². The highest BCUT2D eigenvalue weighted by Crippen LogP contribution is 2.25. The van der Waals surface area contributed by atoms with Gasteiger partial charge in [-0.05, 0) is 36.6 Å². The van der Waals surface area contributed by atoms with Crippen LogP contribution in [0.2, 0.25) is 5.02 Å². The lowest BCUT2D eigenvalue weighted by molar-refractivity contribution is -0.859. The van der Waals surface area contributed by atoms with Gasteiger partial charge in [0.1, 0.15) is 0 Å². The molecule has 28 heavy (non-hydrogen) atoms. The van der Waals surface area contributed by atoms with Gasteiger partial charge in [-0.3, -0.25) is 4.79 Å². The lowest BCUT2D eigenvalue weighted by atomic mass is 10.0. The van der Waals surface area contributed by atoms with Crippen molar-refractivity contribution in [1.82, 2.24) is 9.78 Å². The Labute approximate surface area is 169 Å². The number of aromatic nitrogens is 2. The van der Waals surface area contributed by atoms with Crippen LogP contribution in [0.3, 0.4) is 0 Å². The highest BCUT2D eigenvalue weighted by atomic mass is 35.5. The summed E-state index contributed by atoms with van der Waals surface area (Å²) in [4.78, 5) is 13.2. The van der Waals surface area contributed by atoms with Crippen molar-refractivity contribution in [2.24, 2.45) is 0 Å². The van der Waals surface area contributed by atoms with E-state index < -0.39 is 0 Å². The Morgan fingerprint density at radius 3 is 2.57 bits per heavy atom. The largest absolute Gasteiger partial charge is 0.633 e. The van der Waals surface area contributed by atoms with Gasteiger partial charge in [0.2, 0.25) is 0 Å². The Morgan fingerprint density at radius 2 is 1.82 bits per heavy atom. The third-order valence-corrected chi connectivity index (χ3v) is 5.89. The number of fused-ring (bicyclic) bond motifs is 1. The van der Waals surface area contributed by atoms with Crippen LogP contribution in [0.4, 0.5) is 0 Å². The number of likely N-dealkylation sites (tertiary alicyclic amines) is 1. The number of halogens is 1. The van der Waals surface area contributed by atoms with E-state index >= 15 is 0 Å². The molecule has 3 aromatic rings. The summed E-state index contributed by atoms with van der Waals surface area (Å²) in [6.07, 6.45) is 2.91.